The zero-order valence-corrected chi connectivity index (χ0v) is 22.3. The number of ether oxygens (including phenoxy) is 1. The van der Waals surface area contributed by atoms with Gasteiger partial charge in [0.2, 0.25) is 11.5 Å². The van der Waals surface area contributed by atoms with Gasteiger partial charge in [0.1, 0.15) is 23.4 Å². The Morgan fingerprint density at radius 1 is 0.556 bits per heavy atom. The number of carboxylic acid groups (broad SMARTS) is 2. The summed E-state index contributed by atoms with van der Waals surface area (Å²) in [4.78, 5) is 24.3. The van der Waals surface area contributed by atoms with Crippen molar-refractivity contribution >= 4 is 11.9 Å². The van der Waals surface area contributed by atoms with E-state index in [1.165, 1.54) is 0 Å². The summed E-state index contributed by atoms with van der Waals surface area (Å²) < 4.78 is 6.08. The second-order valence-electron chi connectivity index (χ2n) is 10.0. The van der Waals surface area contributed by atoms with Gasteiger partial charge in [-0.2, -0.15) is 0 Å². The lowest BCUT2D eigenvalue weighted by Crippen LogP contribution is -2.27. The summed E-state index contributed by atoms with van der Waals surface area (Å²) >= 11 is 0. The highest BCUT2D eigenvalue weighted by atomic mass is 16.5. The van der Waals surface area contributed by atoms with Crippen molar-refractivity contribution in [1.29, 1.82) is 0 Å². The molecule has 4 aromatic rings. The average molecular weight is 626 g/mol. The zero-order chi connectivity index (χ0) is 33.2. The van der Waals surface area contributed by atoms with E-state index in [0.717, 1.165) is 12.1 Å². The predicted molar refractivity (Wildman–Crippen MR) is 147 cm³/mol. The number of aromatic hydroxyl groups is 11. The Hall–Kier alpha value is -6.58. The van der Waals surface area contributed by atoms with Gasteiger partial charge in [0.25, 0.3) is 0 Å². The van der Waals surface area contributed by atoms with E-state index < -0.39 is 127 Å². The van der Waals surface area contributed by atoms with Gasteiger partial charge in [0, 0.05) is 34.2 Å². The molecule has 1 aliphatic rings. The van der Waals surface area contributed by atoms with Crippen LogP contribution in [0.5, 0.6) is 69.0 Å². The fraction of sp³-hybridized carbons (Fsp3) is 0.103. The van der Waals surface area contributed by atoms with Gasteiger partial charge in [-0.25, -0.2) is 9.59 Å². The smallest absolute Gasteiger partial charge is 0.336 e. The highest BCUT2D eigenvalue weighted by Crippen LogP contribution is 2.59. The first-order valence-corrected chi connectivity index (χ1v) is 12.6. The summed E-state index contributed by atoms with van der Waals surface area (Å²) in [5.74, 6) is -16.7. The third-order valence-electron chi connectivity index (χ3n) is 7.42. The van der Waals surface area contributed by atoms with Crippen molar-refractivity contribution < 1.29 is 80.7 Å². The molecule has 1 heterocycles. The minimum absolute atomic E-state index is 0.244. The molecule has 0 aliphatic carbocycles. The first kappa shape index (κ1) is 29.9. The number of hydrogen-bond acceptors (Lipinski definition) is 14. The van der Waals surface area contributed by atoms with Crippen LogP contribution in [0.3, 0.4) is 0 Å². The molecular formula is C29H22O16. The SMILES string of the molecule is O=C(O)c1cc(O)c(O)c(O)c1-c1c(O)cc(O)c2c1OC(c1cc(O)c(O)c(O)c1)C(c1c(C(=O)O)cc(O)c(O)c1O)C2. The molecule has 0 saturated heterocycles. The monoisotopic (exact) mass is 626 g/mol. The number of phenolic OH excluding ortho intramolecular Hbond substituents is 11. The van der Waals surface area contributed by atoms with Gasteiger partial charge in [-0.1, -0.05) is 0 Å². The Morgan fingerprint density at radius 3 is 1.62 bits per heavy atom. The minimum Gasteiger partial charge on any atom is -0.507 e. The summed E-state index contributed by atoms with van der Waals surface area (Å²) in [6.45, 7) is 0. The van der Waals surface area contributed by atoms with Crippen LogP contribution in [0.25, 0.3) is 11.1 Å². The Balaban J connectivity index is 1.89. The van der Waals surface area contributed by atoms with Crippen LogP contribution in [0.15, 0.2) is 30.3 Å². The number of benzene rings is 4. The molecule has 0 amide bonds. The van der Waals surface area contributed by atoms with Gasteiger partial charge >= 0.3 is 11.9 Å². The van der Waals surface area contributed by atoms with Crippen LogP contribution in [0, 0.1) is 0 Å². The predicted octanol–water partition coefficient (Wildman–Crippen LogP) is 2.97. The minimum atomic E-state index is -1.76. The van der Waals surface area contributed by atoms with Crippen molar-refractivity contribution in [3.05, 3.63) is 58.1 Å². The summed E-state index contributed by atoms with van der Waals surface area (Å²) in [6.07, 6.45) is -2.27. The van der Waals surface area contributed by atoms with Crippen molar-refractivity contribution in [1.82, 2.24) is 0 Å². The lowest BCUT2D eigenvalue weighted by Gasteiger charge is -2.37. The maximum atomic E-state index is 12.2. The van der Waals surface area contributed by atoms with E-state index in [0.29, 0.717) is 18.2 Å². The molecule has 0 radical (unpaired) electrons. The second-order valence-corrected chi connectivity index (χ2v) is 10.0. The maximum absolute atomic E-state index is 12.2. The number of carboxylic acids is 2. The molecule has 0 aromatic heterocycles. The largest absolute Gasteiger partial charge is 0.507 e. The van der Waals surface area contributed by atoms with Crippen molar-refractivity contribution in [2.75, 3.05) is 0 Å². The lowest BCUT2D eigenvalue weighted by molar-refractivity contribution is 0.0683. The molecule has 234 valence electrons. The molecule has 0 saturated carbocycles. The fourth-order valence-corrected chi connectivity index (χ4v) is 5.40. The average Bonchev–Trinajstić information content (AvgIpc) is 2.97. The van der Waals surface area contributed by atoms with Crippen LogP contribution in [-0.2, 0) is 6.42 Å². The Kier molecular flexibility index (Phi) is 6.84. The van der Waals surface area contributed by atoms with E-state index in [1.54, 1.807) is 0 Å². The maximum Gasteiger partial charge on any atom is 0.336 e. The van der Waals surface area contributed by atoms with Crippen molar-refractivity contribution in [2.24, 2.45) is 0 Å². The molecule has 16 heteroatoms. The van der Waals surface area contributed by atoms with E-state index in [2.05, 4.69) is 0 Å². The van der Waals surface area contributed by atoms with Gasteiger partial charge < -0.3 is 71.1 Å². The Bertz CT molecular complexity index is 1920. The molecule has 0 spiro atoms. The molecule has 2 atom stereocenters. The summed E-state index contributed by atoms with van der Waals surface area (Å²) in [7, 11) is 0. The second kappa shape index (κ2) is 10.3. The molecule has 0 fully saturated rings. The highest BCUT2D eigenvalue weighted by Gasteiger charge is 2.42. The normalized spacial score (nSPS) is 15.6. The number of aromatic carboxylic acids is 2. The molecule has 16 nitrogen and oxygen atoms in total. The van der Waals surface area contributed by atoms with Crippen molar-refractivity contribution in [3.8, 4) is 80.1 Å². The number of fused-ring (bicyclic) bond motifs is 1. The van der Waals surface area contributed by atoms with Gasteiger partial charge in [-0.15, -0.1) is 0 Å². The van der Waals surface area contributed by atoms with Crippen molar-refractivity contribution in [3.63, 3.8) is 0 Å². The first-order valence-electron chi connectivity index (χ1n) is 12.6. The Morgan fingerprint density at radius 2 is 1.07 bits per heavy atom. The van der Waals surface area contributed by atoms with E-state index in [4.69, 9.17) is 4.74 Å². The Labute approximate surface area is 249 Å². The third-order valence-corrected chi connectivity index (χ3v) is 7.42. The molecular weight excluding hydrogens is 604 g/mol. The van der Waals surface area contributed by atoms with Crippen molar-refractivity contribution in [2.45, 2.75) is 18.4 Å². The van der Waals surface area contributed by atoms with E-state index in [-0.39, 0.29) is 11.1 Å². The van der Waals surface area contributed by atoms with Crippen LogP contribution in [0.4, 0.5) is 0 Å². The van der Waals surface area contributed by atoms with Crippen LogP contribution >= 0.6 is 0 Å². The van der Waals surface area contributed by atoms with Crippen LogP contribution < -0.4 is 4.74 Å². The molecule has 45 heavy (non-hydrogen) atoms. The fourth-order valence-electron chi connectivity index (χ4n) is 5.40. The molecule has 5 rings (SSSR count). The van der Waals surface area contributed by atoms with Gasteiger partial charge in [-0.3, -0.25) is 0 Å². The number of carbonyl (C=O) groups is 2. The number of hydrogen-bond donors (Lipinski definition) is 13. The number of rotatable bonds is 5. The zero-order valence-electron chi connectivity index (χ0n) is 22.3. The van der Waals surface area contributed by atoms with Gasteiger partial charge in [-0.05, 0) is 30.7 Å². The van der Waals surface area contributed by atoms with Crippen LogP contribution in [0.1, 0.15) is 49.4 Å². The third kappa shape index (κ3) is 4.56. The highest BCUT2D eigenvalue weighted by molar-refractivity contribution is 6.02. The van der Waals surface area contributed by atoms with E-state index >= 15 is 0 Å². The molecule has 1 aliphatic heterocycles. The topological polar surface area (TPSA) is 306 Å². The van der Waals surface area contributed by atoms with Crippen LogP contribution in [0.2, 0.25) is 0 Å². The summed E-state index contributed by atoms with van der Waals surface area (Å²) in [5.41, 5.74) is -4.19. The molecule has 0 bridgehead atoms. The van der Waals surface area contributed by atoms with E-state index in [1.807, 2.05) is 0 Å². The first-order chi connectivity index (χ1) is 21.0. The van der Waals surface area contributed by atoms with Gasteiger partial charge in [0.05, 0.1) is 16.7 Å². The lowest BCUT2D eigenvalue weighted by atomic mass is 9.78. The number of phenols is 11. The standard InChI is InChI=1S/C29H22O16/c30-12-6-13(31)20(19-11(29(43)44)5-17(35)23(38)25(19)40)27-8(12)3-9(18-10(28(41)42)4-16(34)22(37)24(18)39)26(45-27)7-1-14(32)21(36)15(33)2-7/h1-2,4-6,9,26,30-40H,3H2,(H,41,42)(H,43,44). The van der Waals surface area contributed by atoms with Crippen LogP contribution in [-0.4, -0.2) is 78.3 Å². The van der Waals surface area contributed by atoms with Gasteiger partial charge in [0.15, 0.2) is 40.2 Å². The molecule has 13 N–H and O–H groups in total. The summed E-state index contributed by atoms with van der Waals surface area (Å²) in [5, 5.41) is 134. The molecule has 2 unspecified atom stereocenters. The quantitative estimate of drug-likeness (QED) is 0.142. The summed E-state index contributed by atoms with van der Waals surface area (Å²) in [6, 6.07) is 3.60. The molecule has 4 aromatic carbocycles. The van der Waals surface area contributed by atoms with E-state index in [9.17, 15) is 76.0 Å².